The molecule has 2 aromatic rings. The van der Waals surface area contributed by atoms with Crippen molar-refractivity contribution in [3.63, 3.8) is 0 Å². The predicted molar refractivity (Wildman–Crippen MR) is 60.1 cm³/mol. The molecule has 1 aromatic heterocycles. The number of rotatable bonds is 4. The van der Waals surface area contributed by atoms with Crippen LogP contribution in [-0.2, 0) is 6.42 Å². The second kappa shape index (κ2) is 4.53. The van der Waals surface area contributed by atoms with Gasteiger partial charge in [0, 0.05) is 17.6 Å². The van der Waals surface area contributed by atoms with E-state index in [-0.39, 0.29) is 12.5 Å². The fraction of sp³-hybridized carbons (Fsp3) is 0.333. The quantitative estimate of drug-likeness (QED) is 0.782. The normalized spacial score (nSPS) is 11.1. The molecule has 86 valence electrons. The van der Waals surface area contributed by atoms with Crippen LogP contribution in [0, 0.1) is 0 Å². The summed E-state index contributed by atoms with van der Waals surface area (Å²) in [6.07, 6.45) is 1.97. The maximum Gasteiger partial charge on any atom is 0.224 e. The molecule has 0 atom stereocenters. The number of aliphatic hydroxyl groups is 1. The molecule has 0 amide bonds. The van der Waals surface area contributed by atoms with Crippen LogP contribution < -0.4 is 0 Å². The van der Waals surface area contributed by atoms with Gasteiger partial charge in [-0.2, -0.15) is 0 Å². The minimum atomic E-state index is -0.320. The minimum Gasteiger partial charge on any atom is -0.493 e. The van der Waals surface area contributed by atoms with Crippen LogP contribution in [0.2, 0.25) is 0 Å². The van der Waals surface area contributed by atoms with Crippen molar-refractivity contribution in [3.05, 3.63) is 29.8 Å². The molecule has 1 aromatic carbocycles. The highest BCUT2D eigenvalue weighted by molar-refractivity contribution is 5.86. The van der Waals surface area contributed by atoms with E-state index in [0.29, 0.717) is 28.7 Å². The number of benzene rings is 1. The standard InChI is InChI=1S/C12H14FNO2/c13-14-11-7-2-1-5-9(11)10(12(14)16)6-3-4-8-15/h1-2,5,7,15-16H,3-4,6,8H2. The van der Waals surface area contributed by atoms with Gasteiger partial charge in [-0.15, -0.1) is 4.79 Å². The van der Waals surface area contributed by atoms with Crippen molar-refractivity contribution in [2.45, 2.75) is 19.3 Å². The largest absolute Gasteiger partial charge is 0.493 e. The van der Waals surface area contributed by atoms with Crippen molar-refractivity contribution in [2.75, 3.05) is 6.61 Å². The molecule has 0 radical (unpaired) electrons. The van der Waals surface area contributed by atoms with Crippen molar-refractivity contribution >= 4 is 10.9 Å². The molecular formula is C12H14FNO2. The summed E-state index contributed by atoms with van der Waals surface area (Å²) in [5, 5.41) is 19.1. The Kier molecular flexibility index (Phi) is 3.10. The van der Waals surface area contributed by atoms with E-state index in [1.165, 1.54) is 0 Å². The van der Waals surface area contributed by atoms with E-state index in [1.807, 2.05) is 6.07 Å². The topological polar surface area (TPSA) is 45.4 Å². The molecule has 0 saturated carbocycles. The number of hydrogen-bond acceptors (Lipinski definition) is 2. The van der Waals surface area contributed by atoms with E-state index in [2.05, 4.69) is 0 Å². The van der Waals surface area contributed by atoms with Crippen LogP contribution in [0.4, 0.5) is 4.48 Å². The summed E-state index contributed by atoms with van der Waals surface area (Å²) in [6, 6.07) is 6.97. The van der Waals surface area contributed by atoms with E-state index in [0.717, 1.165) is 11.8 Å². The molecule has 0 saturated heterocycles. The van der Waals surface area contributed by atoms with E-state index in [4.69, 9.17) is 5.11 Å². The third-order valence-electron chi connectivity index (χ3n) is 2.73. The van der Waals surface area contributed by atoms with Crippen LogP contribution >= 0.6 is 0 Å². The van der Waals surface area contributed by atoms with Crippen molar-refractivity contribution in [3.8, 4) is 5.88 Å². The number of hydrogen-bond donors (Lipinski definition) is 2. The Hall–Kier alpha value is -1.55. The number of halogens is 1. The van der Waals surface area contributed by atoms with Crippen LogP contribution in [-0.4, -0.2) is 21.6 Å². The molecule has 2 rings (SSSR count). The molecule has 16 heavy (non-hydrogen) atoms. The predicted octanol–water partition coefficient (Wildman–Crippen LogP) is 2.39. The molecule has 0 spiro atoms. The van der Waals surface area contributed by atoms with Gasteiger partial charge in [0.2, 0.25) is 5.88 Å². The monoisotopic (exact) mass is 223 g/mol. The zero-order chi connectivity index (χ0) is 11.5. The van der Waals surface area contributed by atoms with Gasteiger partial charge in [-0.05, 0) is 25.3 Å². The first-order chi connectivity index (χ1) is 7.75. The summed E-state index contributed by atoms with van der Waals surface area (Å²) in [5.41, 5.74) is 1.01. The molecule has 0 aliphatic heterocycles. The Morgan fingerprint density at radius 3 is 2.69 bits per heavy atom. The van der Waals surface area contributed by atoms with Gasteiger partial charge in [-0.3, -0.25) is 0 Å². The molecule has 0 unspecified atom stereocenters. The number of aliphatic hydroxyl groups excluding tert-OH is 1. The first kappa shape index (κ1) is 11.0. The van der Waals surface area contributed by atoms with Gasteiger partial charge in [-0.1, -0.05) is 22.7 Å². The summed E-state index contributed by atoms with van der Waals surface area (Å²) < 4.78 is 13.5. The second-order valence-electron chi connectivity index (χ2n) is 3.78. The molecule has 3 nitrogen and oxygen atoms in total. The van der Waals surface area contributed by atoms with Crippen LogP contribution in [0.1, 0.15) is 18.4 Å². The number of aromatic hydroxyl groups is 1. The maximum absolute atomic E-state index is 13.5. The first-order valence-corrected chi connectivity index (χ1v) is 5.34. The zero-order valence-corrected chi connectivity index (χ0v) is 8.86. The number of aromatic nitrogens is 1. The lowest BCUT2D eigenvalue weighted by molar-refractivity contribution is 0.283. The number of fused-ring (bicyclic) bond motifs is 1. The van der Waals surface area contributed by atoms with Crippen molar-refractivity contribution in [1.29, 1.82) is 0 Å². The number of nitrogens with zero attached hydrogens (tertiary/aromatic N) is 1. The average Bonchev–Trinajstić information content (AvgIpc) is 2.55. The Labute approximate surface area is 92.7 Å². The Balaban J connectivity index is 2.39. The maximum atomic E-state index is 13.5. The van der Waals surface area contributed by atoms with Gasteiger partial charge in [-0.25, -0.2) is 0 Å². The highest BCUT2D eigenvalue weighted by Crippen LogP contribution is 2.32. The fourth-order valence-electron chi connectivity index (χ4n) is 1.91. The summed E-state index contributed by atoms with van der Waals surface area (Å²) >= 11 is 0. The lowest BCUT2D eigenvalue weighted by atomic mass is 10.1. The Bertz CT molecular complexity index is 493. The van der Waals surface area contributed by atoms with Crippen molar-refractivity contribution < 1.29 is 14.7 Å². The summed E-state index contributed by atoms with van der Waals surface area (Å²) in [7, 11) is 0. The molecule has 2 N–H and O–H groups in total. The van der Waals surface area contributed by atoms with Gasteiger partial charge in [0.05, 0.1) is 5.52 Å². The smallest absolute Gasteiger partial charge is 0.224 e. The lowest BCUT2D eigenvalue weighted by Crippen LogP contribution is -1.88. The molecular weight excluding hydrogens is 209 g/mol. The number of unbranched alkanes of at least 4 members (excludes halogenated alkanes) is 1. The van der Waals surface area contributed by atoms with Crippen molar-refractivity contribution in [2.24, 2.45) is 0 Å². The minimum absolute atomic E-state index is 0.120. The Morgan fingerprint density at radius 1 is 1.19 bits per heavy atom. The van der Waals surface area contributed by atoms with Crippen molar-refractivity contribution in [1.82, 2.24) is 4.79 Å². The van der Waals surface area contributed by atoms with Gasteiger partial charge in [0.25, 0.3) is 0 Å². The van der Waals surface area contributed by atoms with E-state index >= 15 is 0 Å². The highest BCUT2D eigenvalue weighted by atomic mass is 19.2. The summed E-state index contributed by atoms with van der Waals surface area (Å²) in [4.78, 5) is 0.309. The van der Waals surface area contributed by atoms with Crippen LogP contribution in [0.5, 0.6) is 5.88 Å². The molecule has 0 bridgehead atoms. The second-order valence-corrected chi connectivity index (χ2v) is 3.78. The molecule has 1 heterocycles. The Morgan fingerprint density at radius 2 is 1.94 bits per heavy atom. The van der Waals surface area contributed by atoms with Crippen LogP contribution in [0.15, 0.2) is 24.3 Å². The fourth-order valence-corrected chi connectivity index (χ4v) is 1.91. The molecule has 4 heteroatoms. The first-order valence-electron chi connectivity index (χ1n) is 5.34. The molecule has 0 aliphatic carbocycles. The van der Waals surface area contributed by atoms with Gasteiger partial charge >= 0.3 is 0 Å². The number of aryl methyl sites for hydroxylation is 1. The van der Waals surface area contributed by atoms with E-state index < -0.39 is 0 Å². The van der Waals surface area contributed by atoms with Crippen LogP contribution in [0.25, 0.3) is 10.9 Å². The third-order valence-corrected chi connectivity index (χ3v) is 2.73. The van der Waals surface area contributed by atoms with Gasteiger partial charge in [0.15, 0.2) is 0 Å². The van der Waals surface area contributed by atoms with E-state index in [9.17, 15) is 9.59 Å². The summed E-state index contributed by atoms with van der Waals surface area (Å²) in [5.74, 6) is -0.320. The molecule has 0 fully saturated rings. The van der Waals surface area contributed by atoms with Gasteiger partial charge < -0.3 is 10.2 Å². The SMILES string of the molecule is OCCCCc1c(O)n(F)c2ccccc12. The molecule has 0 aliphatic rings. The summed E-state index contributed by atoms with van der Waals surface area (Å²) in [6.45, 7) is 0.120. The van der Waals surface area contributed by atoms with Gasteiger partial charge in [0.1, 0.15) is 0 Å². The zero-order valence-electron chi connectivity index (χ0n) is 8.86. The average molecular weight is 223 g/mol. The van der Waals surface area contributed by atoms with E-state index in [1.54, 1.807) is 18.2 Å². The van der Waals surface area contributed by atoms with Crippen LogP contribution in [0.3, 0.4) is 0 Å². The number of para-hydroxylation sites is 1. The highest BCUT2D eigenvalue weighted by Gasteiger charge is 2.15. The third kappa shape index (κ3) is 1.76. The lowest BCUT2D eigenvalue weighted by Gasteiger charge is -1.98.